The molecule has 1 fully saturated rings. The maximum absolute atomic E-state index is 13.2. The number of nitrogens with zero attached hydrogens (tertiary/aromatic N) is 4. The molecule has 0 unspecified atom stereocenters. The smallest absolute Gasteiger partial charge is 0.263 e. The molecule has 2 aromatic heterocycles. The number of aromatic nitrogens is 2. The van der Waals surface area contributed by atoms with E-state index >= 15 is 0 Å². The number of carbonyl (C=O) groups is 2. The first-order chi connectivity index (χ1) is 17.2. The SMILES string of the molecule is C[C@@H](C(=O)N1CCN(c2ccc(S(=O)(=O)Nc3nccs3)cc2)C(=O)C1)n1ccc2ccc(Cl)cc21. The van der Waals surface area contributed by atoms with Crippen molar-refractivity contribution in [2.75, 3.05) is 29.3 Å². The molecule has 186 valence electrons. The van der Waals surface area contributed by atoms with Crippen LogP contribution < -0.4 is 9.62 Å². The average Bonchev–Trinajstić information content (AvgIpc) is 3.52. The van der Waals surface area contributed by atoms with Crippen LogP contribution in [0.3, 0.4) is 0 Å². The Morgan fingerprint density at radius 1 is 1.14 bits per heavy atom. The van der Waals surface area contributed by atoms with Gasteiger partial charge in [0.2, 0.25) is 11.8 Å². The van der Waals surface area contributed by atoms with Crippen molar-refractivity contribution in [1.29, 1.82) is 0 Å². The van der Waals surface area contributed by atoms with Gasteiger partial charge in [-0.1, -0.05) is 17.7 Å². The number of halogens is 1. The van der Waals surface area contributed by atoms with Gasteiger partial charge in [-0.15, -0.1) is 11.3 Å². The summed E-state index contributed by atoms with van der Waals surface area (Å²) in [5.74, 6) is -0.395. The van der Waals surface area contributed by atoms with Crippen LogP contribution in [0, 0.1) is 0 Å². The molecule has 12 heteroatoms. The van der Waals surface area contributed by atoms with Crippen LogP contribution in [0.5, 0.6) is 0 Å². The predicted molar refractivity (Wildman–Crippen MR) is 140 cm³/mol. The van der Waals surface area contributed by atoms with Gasteiger partial charge in [0.25, 0.3) is 10.0 Å². The second-order valence-electron chi connectivity index (χ2n) is 8.34. The van der Waals surface area contributed by atoms with E-state index in [1.165, 1.54) is 29.7 Å². The van der Waals surface area contributed by atoms with Crippen molar-refractivity contribution in [2.24, 2.45) is 0 Å². The number of piperazine rings is 1. The van der Waals surface area contributed by atoms with E-state index < -0.39 is 16.1 Å². The molecule has 36 heavy (non-hydrogen) atoms. The third-order valence-corrected chi connectivity index (χ3v) is 8.51. The van der Waals surface area contributed by atoms with Gasteiger partial charge in [0.05, 0.1) is 10.4 Å². The molecule has 0 aliphatic carbocycles. The van der Waals surface area contributed by atoms with Crippen molar-refractivity contribution in [1.82, 2.24) is 14.5 Å². The Morgan fingerprint density at radius 2 is 1.92 bits per heavy atom. The number of thiazole rings is 1. The maximum Gasteiger partial charge on any atom is 0.263 e. The Balaban J connectivity index is 1.26. The number of rotatable bonds is 6. The number of carbonyl (C=O) groups excluding carboxylic acids is 2. The number of nitrogens with one attached hydrogen (secondary N) is 1. The molecular weight excluding hydrogens is 522 g/mol. The lowest BCUT2D eigenvalue weighted by molar-refractivity contribution is -0.139. The van der Waals surface area contributed by atoms with Crippen LogP contribution in [0.1, 0.15) is 13.0 Å². The first-order valence-corrected chi connectivity index (χ1v) is 13.8. The van der Waals surface area contributed by atoms with Crippen LogP contribution in [-0.4, -0.2) is 54.3 Å². The second-order valence-corrected chi connectivity index (χ2v) is 11.4. The molecule has 0 bridgehead atoms. The molecule has 9 nitrogen and oxygen atoms in total. The summed E-state index contributed by atoms with van der Waals surface area (Å²) in [5.41, 5.74) is 1.42. The Kier molecular flexibility index (Phi) is 6.45. The second kappa shape index (κ2) is 9.57. The maximum atomic E-state index is 13.2. The molecule has 1 saturated heterocycles. The lowest BCUT2D eigenvalue weighted by Crippen LogP contribution is -2.53. The van der Waals surface area contributed by atoms with Crippen LogP contribution in [0.15, 0.2) is 71.2 Å². The van der Waals surface area contributed by atoms with Gasteiger partial charge >= 0.3 is 0 Å². The van der Waals surface area contributed by atoms with Crippen molar-refractivity contribution in [3.8, 4) is 0 Å². The van der Waals surface area contributed by atoms with E-state index in [1.807, 2.05) is 29.0 Å². The highest BCUT2D eigenvalue weighted by molar-refractivity contribution is 7.93. The lowest BCUT2D eigenvalue weighted by atomic mass is 10.2. The normalized spacial score (nSPS) is 15.3. The molecule has 2 amide bonds. The molecule has 0 radical (unpaired) electrons. The van der Waals surface area contributed by atoms with Crippen molar-refractivity contribution < 1.29 is 18.0 Å². The van der Waals surface area contributed by atoms with E-state index in [0.29, 0.717) is 23.8 Å². The Morgan fingerprint density at radius 3 is 2.61 bits per heavy atom. The number of benzene rings is 2. The molecule has 0 saturated carbocycles. The van der Waals surface area contributed by atoms with Gasteiger partial charge in [-0.25, -0.2) is 13.4 Å². The molecular formula is C24H22ClN5O4S2. The quantitative estimate of drug-likeness (QED) is 0.396. The minimum Gasteiger partial charge on any atom is -0.335 e. The van der Waals surface area contributed by atoms with Crippen molar-refractivity contribution in [3.05, 3.63) is 71.3 Å². The fraction of sp³-hybridized carbons (Fsp3) is 0.208. The van der Waals surface area contributed by atoms with Crippen molar-refractivity contribution in [3.63, 3.8) is 0 Å². The van der Waals surface area contributed by atoms with E-state index in [-0.39, 0.29) is 28.4 Å². The van der Waals surface area contributed by atoms with Crippen LogP contribution in [-0.2, 0) is 19.6 Å². The largest absolute Gasteiger partial charge is 0.335 e. The van der Waals surface area contributed by atoms with Crippen LogP contribution in [0.2, 0.25) is 5.02 Å². The molecule has 2 aromatic carbocycles. The Hall–Kier alpha value is -3.41. The molecule has 1 N–H and O–H groups in total. The highest BCUT2D eigenvalue weighted by Gasteiger charge is 2.31. The van der Waals surface area contributed by atoms with Crippen LogP contribution in [0.25, 0.3) is 10.9 Å². The fourth-order valence-electron chi connectivity index (χ4n) is 4.23. The number of fused-ring (bicyclic) bond motifs is 1. The summed E-state index contributed by atoms with van der Waals surface area (Å²) in [4.78, 5) is 33.3. The third-order valence-electron chi connectivity index (χ3n) is 6.11. The summed E-state index contributed by atoms with van der Waals surface area (Å²) < 4.78 is 29.4. The van der Waals surface area contributed by atoms with Gasteiger partial charge in [-0.05, 0) is 54.8 Å². The molecule has 5 rings (SSSR count). The minimum atomic E-state index is -3.78. The zero-order valence-electron chi connectivity index (χ0n) is 19.2. The number of anilines is 2. The third kappa shape index (κ3) is 4.69. The first-order valence-electron chi connectivity index (χ1n) is 11.1. The monoisotopic (exact) mass is 543 g/mol. The van der Waals surface area contributed by atoms with Gasteiger partial charge in [0, 0.05) is 41.6 Å². The molecule has 3 heterocycles. The van der Waals surface area contributed by atoms with Crippen LogP contribution >= 0.6 is 22.9 Å². The van der Waals surface area contributed by atoms with Gasteiger partial charge in [-0.3, -0.25) is 14.3 Å². The molecule has 1 aliphatic heterocycles. The van der Waals surface area contributed by atoms with E-state index in [2.05, 4.69) is 9.71 Å². The number of amides is 2. The summed E-state index contributed by atoms with van der Waals surface area (Å²) in [6.45, 7) is 2.41. The standard InChI is InChI=1S/C24H22ClN5O4S2/c1-16(29-10-8-17-2-3-18(25)14-21(17)29)23(32)28-11-12-30(22(31)15-28)19-4-6-20(7-5-19)36(33,34)27-24-26-9-13-35-24/h2-10,13-14,16H,11-12,15H2,1H3,(H,26,27)/t16-/m0/s1. The molecule has 1 atom stereocenters. The minimum absolute atomic E-state index is 0.0607. The lowest BCUT2D eigenvalue weighted by Gasteiger charge is -2.35. The summed E-state index contributed by atoms with van der Waals surface area (Å²) >= 11 is 7.32. The molecule has 4 aromatic rings. The summed E-state index contributed by atoms with van der Waals surface area (Å²) in [5, 5.41) is 3.52. The number of sulfonamides is 1. The van der Waals surface area contributed by atoms with Crippen molar-refractivity contribution >= 4 is 66.5 Å². The topological polar surface area (TPSA) is 105 Å². The first kappa shape index (κ1) is 24.3. The fourth-order valence-corrected chi connectivity index (χ4v) is 6.19. The van der Waals surface area contributed by atoms with Crippen LogP contribution in [0.4, 0.5) is 10.8 Å². The van der Waals surface area contributed by atoms with Gasteiger partial charge < -0.3 is 14.4 Å². The Labute approximate surface area is 217 Å². The van der Waals surface area contributed by atoms with Gasteiger partial charge in [0.1, 0.15) is 12.6 Å². The highest BCUT2D eigenvalue weighted by Crippen LogP contribution is 2.26. The van der Waals surface area contributed by atoms with E-state index in [1.54, 1.807) is 40.3 Å². The summed E-state index contributed by atoms with van der Waals surface area (Å²) in [6.07, 6.45) is 3.36. The molecule has 1 aliphatic rings. The van der Waals surface area contributed by atoms with Gasteiger partial charge in [-0.2, -0.15) is 0 Å². The van der Waals surface area contributed by atoms with Crippen molar-refractivity contribution in [2.45, 2.75) is 17.9 Å². The molecule has 0 spiro atoms. The zero-order chi connectivity index (χ0) is 25.4. The van der Waals surface area contributed by atoms with E-state index in [9.17, 15) is 18.0 Å². The van der Waals surface area contributed by atoms with Gasteiger partial charge in [0.15, 0.2) is 5.13 Å². The Bertz CT molecular complexity index is 1530. The highest BCUT2D eigenvalue weighted by atomic mass is 35.5. The van der Waals surface area contributed by atoms with E-state index in [0.717, 1.165) is 10.9 Å². The summed E-state index contributed by atoms with van der Waals surface area (Å²) in [6, 6.07) is 13.0. The number of hydrogen-bond donors (Lipinski definition) is 1. The van der Waals surface area contributed by atoms with E-state index in [4.69, 9.17) is 11.6 Å². The number of hydrogen-bond acceptors (Lipinski definition) is 6. The summed E-state index contributed by atoms with van der Waals surface area (Å²) in [7, 11) is -3.78. The average molecular weight is 544 g/mol. The predicted octanol–water partition coefficient (Wildman–Crippen LogP) is 3.99. The zero-order valence-corrected chi connectivity index (χ0v) is 21.6.